The number of hydrogen-bond donors (Lipinski definition) is 3. The van der Waals surface area contributed by atoms with Gasteiger partial charge >= 0.3 is 0 Å². The fourth-order valence-electron chi connectivity index (χ4n) is 2.06. The molecule has 3 N–H and O–H groups in total. The minimum Gasteiger partial charge on any atom is -0.508 e. The van der Waals surface area contributed by atoms with Gasteiger partial charge in [0, 0.05) is 18.6 Å². The van der Waals surface area contributed by atoms with Gasteiger partial charge in [-0.1, -0.05) is 12.1 Å². The average molecular weight is 193 g/mol. The van der Waals surface area contributed by atoms with Gasteiger partial charge in [-0.2, -0.15) is 0 Å². The lowest BCUT2D eigenvalue weighted by atomic mass is 9.95. The average Bonchev–Trinajstić information content (AvgIpc) is 2.65. The summed E-state index contributed by atoms with van der Waals surface area (Å²) >= 11 is 0. The highest BCUT2D eigenvalue weighted by molar-refractivity contribution is 5.30. The van der Waals surface area contributed by atoms with E-state index in [0.717, 1.165) is 18.5 Å². The summed E-state index contributed by atoms with van der Waals surface area (Å²) in [6, 6.07) is 7.41. The van der Waals surface area contributed by atoms with Crippen LogP contribution in [0.3, 0.4) is 0 Å². The first-order valence-corrected chi connectivity index (χ1v) is 4.94. The number of aliphatic hydroxyl groups excluding tert-OH is 1. The molecule has 0 bridgehead atoms. The number of phenolic OH excluding ortho intramolecular Hbond substituents is 1. The third kappa shape index (κ3) is 1.74. The summed E-state index contributed by atoms with van der Waals surface area (Å²) in [5, 5.41) is 21.8. The van der Waals surface area contributed by atoms with Crippen molar-refractivity contribution in [2.45, 2.75) is 12.5 Å². The first-order chi connectivity index (χ1) is 6.81. The van der Waals surface area contributed by atoms with Crippen LogP contribution in [0.2, 0.25) is 0 Å². The largest absolute Gasteiger partial charge is 0.508 e. The van der Waals surface area contributed by atoms with E-state index in [2.05, 4.69) is 5.32 Å². The van der Waals surface area contributed by atoms with Crippen molar-refractivity contribution >= 4 is 0 Å². The van der Waals surface area contributed by atoms with Gasteiger partial charge in [-0.25, -0.2) is 0 Å². The van der Waals surface area contributed by atoms with Gasteiger partial charge in [0.15, 0.2) is 0 Å². The Kier molecular flexibility index (Phi) is 2.70. The third-order valence-electron chi connectivity index (χ3n) is 2.81. The molecule has 1 aromatic carbocycles. The predicted molar refractivity (Wildman–Crippen MR) is 54.0 cm³/mol. The molecule has 1 aromatic rings. The van der Waals surface area contributed by atoms with Crippen molar-refractivity contribution in [2.75, 3.05) is 13.2 Å². The first kappa shape index (κ1) is 9.49. The van der Waals surface area contributed by atoms with Crippen LogP contribution in [0.1, 0.15) is 18.0 Å². The molecule has 1 aliphatic heterocycles. The second-order valence-corrected chi connectivity index (χ2v) is 3.76. The summed E-state index contributed by atoms with van der Waals surface area (Å²) in [6.45, 7) is 1.14. The van der Waals surface area contributed by atoms with Crippen LogP contribution in [0.5, 0.6) is 5.75 Å². The van der Waals surface area contributed by atoms with Crippen molar-refractivity contribution in [1.29, 1.82) is 0 Å². The fraction of sp³-hybridized carbons (Fsp3) is 0.455. The maximum absolute atomic E-state index is 9.34. The normalized spacial score (nSPS) is 26.6. The molecule has 0 saturated carbocycles. The number of phenols is 1. The molecule has 0 aliphatic carbocycles. The summed E-state index contributed by atoms with van der Waals surface area (Å²) in [5.41, 5.74) is 1.06. The Labute approximate surface area is 83.4 Å². The van der Waals surface area contributed by atoms with E-state index in [4.69, 9.17) is 5.11 Å². The van der Waals surface area contributed by atoms with Crippen LogP contribution in [0, 0.1) is 5.92 Å². The van der Waals surface area contributed by atoms with E-state index < -0.39 is 0 Å². The van der Waals surface area contributed by atoms with Gasteiger partial charge in [0.2, 0.25) is 0 Å². The molecule has 3 heteroatoms. The van der Waals surface area contributed by atoms with Crippen molar-refractivity contribution in [1.82, 2.24) is 5.32 Å². The number of rotatable bonds is 2. The second-order valence-electron chi connectivity index (χ2n) is 3.76. The quantitative estimate of drug-likeness (QED) is 0.657. The molecule has 2 atom stereocenters. The molecule has 3 nitrogen and oxygen atoms in total. The third-order valence-corrected chi connectivity index (χ3v) is 2.81. The Morgan fingerprint density at radius 2 is 2.29 bits per heavy atom. The van der Waals surface area contributed by atoms with Gasteiger partial charge < -0.3 is 15.5 Å². The Hall–Kier alpha value is -1.06. The molecule has 2 unspecified atom stereocenters. The summed E-state index contributed by atoms with van der Waals surface area (Å²) in [4.78, 5) is 0. The van der Waals surface area contributed by atoms with Crippen LogP contribution in [-0.2, 0) is 0 Å². The van der Waals surface area contributed by atoms with Crippen molar-refractivity contribution < 1.29 is 10.2 Å². The van der Waals surface area contributed by atoms with Gasteiger partial charge in [-0.3, -0.25) is 0 Å². The SMILES string of the molecule is OCC1CCNC1c1cccc(O)c1. The summed E-state index contributed by atoms with van der Waals surface area (Å²) < 4.78 is 0. The fourth-order valence-corrected chi connectivity index (χ4v) is 2.06. The van der Waals surface area contributed by atoms with Crippen molar-refractivity contribution in [3.05, 3.63) is 29.8 Å². The lowest BCUT2D eigenvalue weighted by Crippen LogP contribution is -2.19. The smallest absolute Gasteiger partial charge is 0.115 e. The molecule has 1 aliphatic rings. The molecule has 1 heterocycles. The zero-order valence-corrected chi connectivity index (χ0v) is 7.98. The van der Waals surface area contributed by atoms with E-state index in [1.54, 1.807) is 12.1 Å². The highest BCUT2D eigenvalue weighted by Crippen LogP contribution is 2.30. The summed E-state index contributed by atoms with van der Waals surface area (Å²) in [5.74, 6) is 0.560. The van der Waals surface area contributed by atoms with Crippen LogP contribution in [0.4, 0.5) is 0 Å². The van der Waals surface area contributed by atoms with Gasteiger partial charge in [0.05, 0.1) is 0 Å². The monoisotopic (exact) mass is 193 g/mol. The van der Waals surface area contributed by atoms with Crippen molar-refractivity contribution in [3.63, 3.8) is 0 Å². The minimum atomic E-state index is 0.187. The molecular formula is C11H15NO2. The van der Waals surface area contributed by atoms with Crippen LogP contribution >= 0.6 is 0 Å². The number of nitrogens with one attached hydrogen (secondary N) is 1. The molecular weight excluding hydrogens is 178 g/mol. The summed E-state index contributed by atoms with van der Waals surface area (Å²) in [7, 11) is 0. The lowest BCUT2D eigenvalue weighted by molar-refractivity contribution is 0.214. The minimum absolute atomic E-state index is 0.187. The van der Waals surface area contributed by atoms with Crippen LogP contribution in [0.25, 0.3) is 0 Å². The Morgan fingerprint density at radius 3 is 3.00 bits per heavy atom. The van der Waals surface area contributed by atoms with E-state index in [1.165, 1.54) is 0 Å². The molecule has 2 rings (SSSR count). The van der Waals surface area contributed by atoms with Crippen molar-refractivity contribution in [3.8, 4) is 5.75 Å². The lowest BCUT2D eigenvalue weighted by Gasteiger charge is -2.17. The van der Waals surface area contributed by atoms with E-state index in [-0.39, 0.29) is 24.3 Å². The summed E-state index contributed by atoms with van der Waals surface area (Å²) in [6.07, 6.45) is 0.997. The Morgan fingerprint density at radius 1 is 1.43 bits per heavy atom. The molecule has 76 valence electrons. The topological polar surface area (TPSA) is 52.5 Å². The van der Waals surface area contributed by atoms with Crippen molar-refractivity contribution in [2.24, 2.45) is 5.92 Å². The molecule has 0 radical (unpaired) electrons. The number of benzene rings is 1. The molecule has 1 saturated heterocycles. The molecule has 14 heavy (non-hydrogen) atoms. The van der Waals surface area contributed by atoms with E-state index in [0.29, 0.717) is 0 Å². The molecule has 0 amide bonds. The van der Waals surface area contributed by atoms with Crippen LogP contribution in [-0.4, -0.2) is 23.4 Å². The molecule has 0 aromatic heterocycles. The van der Waals surface area contributed by atoms with E-state index in [1.807, 2.05) is 12.1 Å². The second kappa shape index (κ2) is 3.98. The predicted octanol–water partition coefficient (Wildman–Crippen LogP) is 1.04. The first-order valence-electron chi connectivity index (χ1n) is 4.94. The standard InChI is InChI=1S/C11H15NO2/c13-7-9-4-5-12-11(9)8-2-1-3-10(14)6-8/h1-3,6,9,11-14H,4-5,7H2. The Balaban J connectivity index is 2.21. The zero-order valence-electron chi connectivity index (χ0n) is 7.98. The van der Waals surface area contributed by atoms with Gasteiger partial charge in [-0.15, -0.1) is 0 Å². The highest BCUT2D eigenvalue weighted by atomic mass is 16.3. The van der Waals surface area contributed by atoms with E-state index in [9.17, 15) is 5.11 Å². The highest BCUT2D eigenvalue weighted by Gasteiger charge is 2.27. The molecule has 1 fully saturated rings. The van der Waals surface area contributed by atoms with Gasteiger partial charge in [-0.05, 0) is 30.7 Å². The van der Waals surface area contributed by atoms with Crippen LogP contribution in [0.15, 0.2) is 24.3 Å². The maximum atomic E-state index is 9.34. The van der Waals surface area contributed by atoms with Crippen LogP contribution < -0.4 is 5.32 Å². The van der Waals surface area contributed by atoms with Gasteiger partial charge in [0.1, 0.15) is 5.75 Å². The number of hydrogen-bond acceptors (Lipinski definition) is 3. The zero-order chi connectivity index (χ0) is 9.97. The number of aliphatic hydroxyl groups is 1. The maximum Gasteiger partial charge on any atom is 0.115 e. The van der Waals surface area contributed by atoms with E-state index >= 15 is 0 Å². The Bertz CT molecular complexity index is 314. The molecule has 0 spiro atoms. The number of aromatic hydroxyl groups is 1. The van der Waals surface area contributed by atoms with Gasteiger partial charge in [0.25, 0.3) is 0 Å².